The average Bonchev–Trinajstić information content (AvgIpc) is 2.16. The van der Waals surface area contributed by atoms with E-state index >= 15 is 0 Å². The molecule has 0 amide bonds. The first-order valence-electron chi connectivity index (χ1n) is 5.54. The molecular formula is C10H19F3N2. The van der Waals surface area contributed by atoms with Crippen molar-refractivity contribution >= 4 is 0 Å². The Bertz CT molecular complexity index is 174. The largest absolute Gasteiger partial charge is 0.401 e. The first kappa shape index (κ1) is 12.8. The Kier molecular flexibility index (Phi) is 4.86. The van der Waals surface area contributed by atoms with Crippen molar-refractivity contribution in [1.82, 2.24) is 10.2 Å². The summed E-state index contributed by atoms with van der Waals surface area (Å²) in [5.74, 6) is 0. The van der Waals surface area contributed by atoms with Crippen LogP contribution in [0.15, 0.2) is 0 Å². The molecule has 15 heavy (non-hydrogen) atoms. The number of alkyl halides is 3. The van der Waals surface area contributed by atoms with Gasteiger partial charge in [-0.3, -0.25) is 0 Å². The van der Waals surface area contributed by atoms with Gasteiger partial charge in [0.2, 0.25) is 0 Å². The van der Waals surface area contributed by atoms with E-state index in [4.69, 9.17) is 0 Å². The Balaban J connectivity index is 2.15. The van der Waals surface area contributed by atoms with E-state index in [1.54, 1.807) is 0 Å². The average molecular weight is 224 g/mol. The Morgan fingerprint density at radius 2 is 1.87 bits per heavy atom. The van der Waals surface area contributed by atoms with Gasteiger partial charge in [0, 0.05) is 6.04 Å². The molecule has 1 heterocycles. The zero-order valence-corrected chi connectivity index (χ0v) is 9.11. The molecule has 0 unspecified atom stereocenters. The van der Waals surface area contributed by atoms with Gasteiger partial charge in [0.1, 0.15) is 0 Å². The SMILES string of the molecule is CCCN1CCC(NCC(F)(F)F)CC1. The van der Waals surface area contributed by atoms with Crippen LogP contribution < -0.4 is 5.32 Å². The zero-order chi connectivity index (χ0) is 11.3. The van der Waals surface area contributed by atoms with Crippen molar-refractivity contribution in [3.8, 4) is 0 Å². The topological polar surface area (TPSA) is 15.3 Å². The molecule has 0 saturated carbocycles. The Morgan fingerprint density at radius 3 is 2.33 bits per heavy atom. The number of nitrogens with one attached hydrogen (secondary N) is 1. The lowest BCUT2D eigenvalue weighted by Crippen LogP contribution is -2.45. The first-order chi connectivity index (χ1) is 7.01. The van der Waals surface area contributed by atoms with E-state index in [1.807, 2.05) is 0 Å². The third-order valence-corrected chi connectivity index (χ3v) is 2.72. The molecule has 0 spiro atoms. The van der Waals surface area contributed by atoms with E-state index in [-0.39, 0.29) is 6.04 Å². The third kappa shape index (κ3) is 5.37. The van der Waals surface area contributed by atoms with Crippen molar-refractivity contribution in [3.05, 3.63) is 0 Å². The molecule has 1 aliphatic heterocycles. The maximum absolute atomic E-state index is 11.9. The number of hydrogen-bond acceptors (Lipinski definition) is 2. The van der Waals surface area contributed by atoms with E-state index < -0.39 is 12.7 Å². The van der Waals surface area contributed by atoms with Crippen molar-refractivity contribution in [2.24, 2.45) is 0 Å². The normalized spacial score (nSPS) is 20.8. The number of likely N-dealkylation sites (tertiary alicyclic amines) is 1. The minimum Gasteiger partial charge on any atom is -0.306 e. The lowest BCUT2D eigenvalue weighted by Gasteiger charge is -2.32. The van der Waals surface area contributed by atoms with Crippen LogP contribution >= 0.6 is 0 Å². The lowest BCUT2D eigenvalue weighted by atomic mass is 10.0. The second kappa shape index (κ2) is 5.70. The van der Waals surface area contributed by atoms with Gasteiger partial charge >= 0.3 is 6.18 Å². The fourth-order valence-electron chi connectivity index (χ4n) is 1.94. The van der Waals surface area contributed by atoms with Crippen molar-refractivity contribution in [2.45, 2.75) is 38.4 Å². The van der Waals surface area contributed by atoms with Gasteiger partial charge in [-0.2, -0.15) is 13.2 Å². The van der Waals surface area contributed by atoms with E-state index in [0.29, 0.717) is 0 Å². The predicted octanol–water partition coefficient (Wildman–Crippen LogP) is 2.01. The van der Waals surface area contributed by atoms with Crippen LogP contribution in [-0.4, -0.2) is 43.3 Å². The van der Waals surface area contributed by atoms with Crippen LogP contribution in [0.25, 0.3) is 0 Å². The Hall–Kier alpha value is -0.290. The number of nitrogens with zero attached hydrogens (tertiary/aromatic N) is 1. The molecule has 0 aliphatic carbocycles. The van der Waals surface area contributed by atoms with Crippen molar-refractivity contribution in [1.29, 1.82) is 0 Å². The van der Waals surface area contributed by atoms with Gasteiger partial charge in [0.25, 0.3) is 0 Å². The molecule has 0 aromatic rings. The maximum Gasteiger partial charge on any atom is 0.401 e. The zero-order valence-electron chi connectivity index (χ0n) is 9.11. The molecule has 1 aliphatic rings. The van der Waals surface area contributed by atoms with Crippen LogP contribution in [0.3, 0.4) is 0 Å². The number of piperidine rings is 1. The summed E-state index contributed by atoms with van der Waals surface area (Å²) in [7, 11) is 0. The van der Waals surface area contributed by atoms with Crippen LogP contribution in [0.2, 0.25) is 0 Å². The van der Waals surface area contributed by atoms with Gasteiger partial charge in [0.15, 0.2) is 0 Å². The molecule has 1 N–H and O–H groups in total. The fourth-order valence-corrected chi connectivity index (χ4v) is 1.94. The summed E-state index contributed by atoms with van der Waals surface area (Å²) in [5.41, 5.74) is 0. The van der Waals surface area contributed by atoms with Gasteiger partial charge in [-0.15, -0.1) is 0 Å². The van der Waals surface area contributed by atoms with Crippen LogP contribution in [-0.2, 0) is 0 Å². The van der Waals surface area contributed by atoms with Gasteiger partial charge in [0.05, 0.1) is 6.54 Å². The fraction of sp³-hybridized carbons (Fsp3) is 1.00. The summed E-state index contributed by atoms with van der Waals surface area (Å²) < 4.78 is 35.8. The van der Waals surface area contributed by atoms with E-state index in [9.17, 15) is 13.2 Å². The van der Waals surface area contributed by atoms with E-state index in [2.05, 4.69) is 17.1 Å². The molecule has 2 nitrogen and oxygen atoms in total. The second-order valence-electron chi connectivity index (χ2n) is 4.11. The molecule has 5 heteroatoms. The minimum absolute atomic E-state index is 0.0414. The van der Waals surface area contributed by atoms with Crippen molar-refractivity contribution in [3.63, 3.8) is 0 Å². The maximum atomic E-state index is 11.9. The molecule has 0 aromatic heterocycles. The summed E-state index contributed by atoms with van der Waals surface area (Å²) in [5, 5.41) is 2.57. The van der Waals surface area contributed by atoms with Gasteiger partial charge in [-0.25, -0.2) is 0 Å². The summed E-state index contributed by atoms with van der Waals surface area (Å²) in [6.07, 6.45) is -1.31. The molecule has 0 bridgehead atoms. The molecule has 1 fully saturated rings. The summed E-state index contributed by atoms with van der Waals surface area (Å²) in [6, 6.07) is 0.0414. The number of hydrogen-bond donors (Lipinski definition) is 1. The van der Waals surface area contributed by atoms with Crippen molar-refractivity contribution in [2.75, 3.05) is 26.2 Å². The van der Waals surface area contributed by atoms with Gasteiger partial charge in [-0.1, -0.05) is 6.92 Å². The lowest BCUT2D eigenvalue weighted by molar-refractivity contribution is -0.126. The highest BCUT2D eigenvalue weighted by Crippen LogP contribution is 2.15. The van der Waals surface area contributed by atoms with Gasteiger partial charge < -0.3 is 10.2 Å². The van der Waals surface area contributed by atoms with Gasteiger partial charge in [-0.05, 0) is 38.9 Å². The minimum atomic E-state index is -4.08. The highest BCUT2D eigenvalue weighted by molar-refractivity contribution is 4.77. The van der Waals surface area contributed by atoms with E-state index in [0.717, 1.165) is 38.9 Å². The van der Waals surface area contributed by atoms with Crippen LogP contribution in [0, 0.1) is 0 Å². The number of halogens is 3. The molecular weight excluding hydrogens is 205 g/mol. The highest BCUT2D eigenvalue weighted by atomic mass is 19.4. The van der Waals surface area contributed by atoms with Crippen molar-refractivity contribution < 1.29 is 13.2 Å². The summed E-state index contributed by atoms with van der Waals surface area (Å²) >= 11 is 0. The number of rotatable bonds is 4. The molecule has 0 radical (unpaired) electrons. The molecule has 90 valence electrons. The molecule has 1 saturated heterocycles. The summed E-state index contributed by atoms with van der Waals surface area (Å²) in [6.45, 7) is 4.16. The molecule has 1 rings (SSSR count). The second-order valence-corrected chi connectivity index (χ2v) is 4.11. The monoisotopic (exact) mass is 224 g/mol. The first-order valence-corrected chi connectivity index (χ1v) is 5.54. The quantitative estimate of drug-likeness (QED) is 0.786. The Morgan fingerprint density at radius 1 is 1.27 bits per heavy atom. The highest BCUT2D eigenvalue weighted by Gasteiger charge is 2.29. The predicted molar refractivity (Wildman–Crippen MR) is 53.8 cm³/mol. The third-order valence-electron chi connectivity index (χ3n) is 2.72. The Labute approximate surface area is 88.8 Å². The smallest absolute Gasteiger partial charge is 0.306 e. The molecule has 0 atom stereocenters. The standard InChI is InChI=1S/C10H19F3N2/c1-2-5-15-6-3-9(4-7-15)14-8-10(11,12)13/h9,14H,2-8H2,1H3. The summed E-state index contributed by atoms with van der Waals surface area (Å²) in [4.78, 5) is 2.31. The van der Waals surface area contributed by atoms with Crippen LogP contribution in [0.4, 0.5) is 13.2 Å². The van der Waals surface area contributed by atoms with Crippen LogP contribution in [0.5, 0.6) is 0 Å². The van der Waals surface area contributed by atoms with E-state index in [1.165, 1.54) is 0 Å². The van der Waals surface area contributed by atoms with Crippen LogP contribution in [0.1, 0.15) is 26.2 Å². The molecule has 0 aromatic carbocycles.